The molecule has 0 aromatic heterocycles. The average molecular weight is 428 g/mol. The second kappa shape index (κ2) is 8.38. The van der Waals surface area contributed by atoms with Gasteiger partial charge in [-0.25, -0.2) is 4.99 Å². The molecule has 2 aliphatic heterocycles. The van der Waals surface area contributed by atoms with Gasteiger partial charge in [-0.3, -0.25) is 4.79 Å². The molecule has 1 saturated heterocycles. The van der Waals surface area contributed by atoms with Gasteiger partial charge in [0, 0.05) is 31.2 Å². The van der Waals surface area contributed by atoms with Crippen molar-refractivity contribution in [1.82, 2.24) is 9.80 Å². The van der Waals surface area contributed by atoms with Crippen molar-refractivity contribution in [3.05, 3.63) is 83.9 Å². The lowest BCUT2D eigenvalue weighted by Crippen LogP contribution is -2.55. The van der Waals surface area contributed by atoms with Gasteiger partial charge >= 0.3 is 0 Å². The number of nitrogens with zero attached hydrogens (tertiary/aromatic N) is 3. The van der Waals surface area contributed by atoms with Crippen LogP contribution in [0.1, 0.15) is 22.8 Å². The minimum atomic E-state index is 0.0348. The number of para-hydroxylation sites is 3. The molecule has 32 heavy (non-hydrogen) atoms. The third-order valence-corrected chi connectivity index (χ3v) is 5.95. The second-order valence-corrected chi connectivity index (χ2v) is 8.00. The molecular formula is C26H25N3O3. The van der Waals surface area contributed by atoms with E-state index in [4.69, 9.17) is 14.5 Å². The number of rotatable bonds is 2. The van der Waals surface area contributed by atoms with Crippen molar-refractivity contribution >= 4 is 17.4 Å². The minimum absolute atomic E-state index is 0.0348. The normalized spacial score (nSPS) is 17.4. The predicted molar refractivity (Wildman–Crippen MR) is 124 cm³/mol. The van der Waals surface area contributed by atoms with Gasteiger partial charge in [-0.1, -0.05) is 36.4 Å². The first kappa shape index (κ1) is 20.1. The first-order chi connectivity index (χ1) is 15.7. The van der Waals surface area contributed by atoms with E-state index in [0.717, 1.165) is 22.6 Å². The number of carbonyl (C=O) groups excluding carboxylic acids is 1. The molecule has 1 unspecified atom stereocenters. The molecule has 0 bridgehead atoms. The van der Waals surface area contributed by atoms with Crippen LogP contribution in [0.4, 0.5) is 5.69 Å². The molecule has 0 radical (unpaired) electrons. The Morgan fingerprint density at radius 1 is 1.00 bits per heavy atom. The molecule has 0 N–H and O–H groups in total. The van der Waals surface area contributed by atoms with Gasteiger partial charge in [0.15, 0.2) is 17.2 Å². The third kappa shape index (κ3) is 3.58. The molecule has 0 aliphatic carbocycles. The van der Waals surface area contributed by atoms with Crippen molar-refractivity contribution in [2.24, 2.45) is 4.99 Å². The zero-order valence-electron chi connectivity index (χ0n) is 18.2. The fourth-order valence-corrected chi connectivity index (χ4v) is 4.32. The van der Waals surface area contributed by atoms with E-state index < -0.39 is 0 Å². The molecule has 0 spiro atoms. The van der Waals surface area contributed by atoms with E-state index in [-0.39, 0.29) is 11.9 Å². The number of amides is 1. The van der Waals surface area contributed by atoms with E-state index in [9.17, 15) is 4.79 Å². The lowest BCUT2D eigenvalue weighted by Gasteiger charge is -2.41. The fraction of sp³-hybridized carbons (Fsp3) is 0.231. The number of amidine groups is 1. The zero-order valence-corrected chi connectivity index (χ0v) is 18.2. The Morgan fingerprint density at radius 2 is 1.78 bits per heavy atom. The van der Waals surface area contributed by atoms with Crippen molar-refractivity contribution in [2.75, 3.05) is 26.7 Å². The Morgan fingerprint density at radius 3 is 2.56 bits per heavy atom. The maximum absolute atomic E-state index is 13.0. The summed E-state index contributed by atoms with van der Waals surface area (Å²) in [6.45, 7) is 4.06. The summed E-state index contributed by atoms with van der Waals surface area (Å²) in [5.41, 5.74) is 2.38. The van der Waals surface area contributed by atoms with Gasteiger partial charge < -0.3 is 19.3 Å². The smallest absolute Gasteiger partial charge is 0.254 e. The SMILES string of the molecule is COc1cccc2c1Oc1ccccc1N=C2N1CCN(C(=O)c2ccccc2)C(C)C1. The number of hydrogen-bond acceptors (Lipinski definition) is 5. The number of aliphatic imine (C=N–C) groups is 1. The molecule has 1 amide bonds. The summed E-state index contributed by atoms with van der Waals surface area (Å²) in [4.78, 5) is 22.2. The van der Waals surface area contributed by atoms with Gasteiger partial charge in [0.1, 0.15) is 11.5 Å². The van der Waals surface area contributed by atoms with Crippen molar-refractivity contribution < 1.29 is 14.3 Å². The highest BCUT2D eigenvalue weighted by Gasteiger charge is 2.32. The van der Waals surface area contributed by atoms with E-state index in [1.54, 1.807) is 7.11 Å². The molecule has 6 nitrogen and oxygen atoms in total. The summed E-state index contributed by atoms with van der Waals surface area (Å²) in [6.07, 6.45) is 0. The maximum Gasteiger partial charge on any atom is 0.254 e. The van der Waals surface area contributed by atoms with Gasteiger partial charge in [0.25, 0.3) is 5.91 Å². The summed E-state index contributed by atoms with van der Waals surface area (Å²) in [5.74, 6) is 2.92. The first-order valence-electron chi connectivity index (χ1n) is 10.8. The molecule has 6 heteroatoms. The van der Waals surface area contributed by atoms with E-state index >= 15 is 0 Å². The van der Waals surface area contributed by atoms with Crippen molar-refractivity contribution in [3.63, 3.8) is 0 Å². The van der Waals surface area contributed by atoms with Gasteiger partial charge in [0.2, 0.25) is 0 Å². The molecule has 3 aromatic carbocycles. The summed E-state index contributed by atoms with van der Waals surface area (Å²) < 4.78 is 11.8. The van der Waals surface area contributed by atoms with Crippen molar-refractivity contribution in [3.8, 4) is 17.2 Å². The Balaban J connectivity index is 1.48. The predicted octanol–water partition coefficient (Wildman–Crippen LogP) is 4.73. The van der Waals surface area contributed by atoms with Crippen LogP contribution in [0.2, 0.25) is 0 Å². The fourth-order valence-electron chi connectivity index (χ4n) is 4.32. The topological polar surface area (TPSA) is 54.4 Å². The van der Waals surface area contributed by atoms with Gasteiger partial charge in [-0.15, -0.1) is 0 Å². The number of fused-ring (bicyclic) bond motifs is 2. The Kier molecular flexibility index (Phi) is 5.27. The molecule has 0 saturated carbocycles. The van der Waals surface area contributed by atoms with Crippen LogP contribution >= 0.6 is 0 Å². The van der Waals surface area contributed by atoms with Crippen LogP contribution in [0.3, 0.4) is 0 Å². The van der Waals surface area contributed by atoms with Crippen LogP contribution in [0.15, 0.2) is 77.8 Å². The quantitative estimate of drug-likeness (QED) is 0.594. The number of piperazine rings is 1. The summed E-state index contributed by atoms with van der Waals surface area (Å²) >= 11 is 0. The standard InChI is InChI=1S/C26H25N3O3/c1-18-17-28(15-16-29(18)26(30)19-9-4-3-5-10-19)25-20-11-8-14-23(31-2)24(20)32-22-13-7-6-12-21(22)27-25/h3-14,18H,15-17H2,1-2H3. The van der Waals surface area contributed by atoms with Gasteiger partial charge in [-0.05, 0) is 43.3 Å². The Bertz CT molecular complexity index is 1180. The van der Waals surface area contributed by atoms with Crippen LogP contribution < -0.4 is 9.47 Å². The Labute approximate surface area is 187 Å². The molecule has 162 valence electrons. The highest BCUT2D eigenvalue weighted by atomic mass is 16.5. The number of hydrogen-bond donors (Lipinski definition) is 0. The van der Waals surface area contributed by atoms with Gasteiger partial charge in [0.05, 0.1) is 12.7 Å². The van der Waals surface area contributed by atoms with E-state index in [2.05, 4.69) is 11.8 Å². The number of carbonyl (C=O) groups is 1. The number of benzene rings is 3. The minimum Gasteiger partial charge on any atom is -0.493 e. The zero-order chi connectivity index (χ0) is 22.1. The van der Waals surface area contributed by atoms with E-state index in [1.165, 1.54) is 0 Å². The van der Waals surface area contributed by atoms with Crippen LogP contribution in [-0.2, 0) is 0 Å². The van der Waals surface area contributed by atoms with Crippen LogP contribution in [0, 0.1) is 0 Å². The van der Waals surface area contributed by atoms with Gasteiger partial charge in [-0.2, -0.15) is 0 Å². The molecule has 2 aliphatic rings. The first-order valence-corrected chi connectivity index (χ1v) is 10.8. The van der Waals surface area contributed by atoms with E-state index in [0.29, 0.717) is 36.9 Å². The monoisotopic (exact) mass is 427 g/mol. The van der Waals surface area contributed by atoms with E-state index in [1.807, 2.05) is 77.7 Å². The highest BCUT2D eigenvalue weighted by molar-refractivity contribution is 6.04. The molecule has 1 atom stereocenters. The summed E-state index contributed by atoms with van der Waals surface area (Å²) in [6, 6.07) is 23.1. The molecule has 1 fully saturated rings. The third-order valence-electron chi connectivity index (χ3n) is 5.95. The van der Waals surface area contributed by atoms with Crippen LogP contribution in [-0.4, -0.2) is 54.3 Å². The lowest BCUT2D eigenvalue weighted by atomic mass is 10.1. The largest absolute Gasteiger partial charge is 0.493 e. The number of ether oxygens (including phenoxy) is 2. The lowest BCUT2D eigenvalue weighted by molar-refractivity contribution is 0.0581. The second-order valence-electron chi connectivity index (χ2n) is 8.00. The average Bonchev–Trinajstić information content (AvgIpc) is 3.01. The molecular weight excluding hydrogens is 402 g/mol. The Hall–Kier alpha value is -3.80. The number of methoxy groups -OCH3 is 1. The summed E-state index contributed by atoms with van der Waals surface area (Å²) in [7, 11) is 1.64. The van der Waals surface area contributed by atoms with Crippen molar-refractivity contribution in [2.45, 2.75) is 13.0 Å². The molecule has 5 rings (SSSR count). The van der Waals surface area contributed by atoms with Crippen LogP contribution in [0.5, 0.6) is 17.2 Å². The molecule has 2 heterocycles. The van der Waals surface area contributed by atoms with Crippen LogP contribution in [0.25, 0.3) is 0 Å². The summed E-state index contributed by atoms with van der Waals surface area (Å²) in [5, 5.41) is 0. The highest BCUT2D eigenvalue weighted by Crippen LogP contribution is 2.42. The van der Waals surface area contributed by atoms with Crippen molar-refractivity contribution in [1.29, 1.82) is 0 Å². The maximum atomic E-state index is 13.0. The molecule has 3 aromatic rings.